The number of ether oxygens (including phenoxy) is 1. The normalized spacial score (nSPS) is 10.6. The highest BCUT2D eigenvalue weighted by atomic mass is 16.5. The van der Waals surface area contributed by atoms with E-state index < -0.39 is 0 Å². The molecule has 0 aromatic heterocycles. The lowest BCUT2D eigenvalue weighted by molar-refractivity contribution is -0.139. The third kappa shape index (κ3) is 3.87. The van der Waals surface area contributed by atoms with Crippen LogP contribution in [0.1, 0.15) is 17.5 Å². The quantitative estimate of drug-likeness (QED) is 0.768. The van der Waals surface area contributed by atoms with Crippen LogP contribution in [0.25, 0.3) is 6.08 Å². The fourth-order valence-corrected chi connectivity index (χ4v) is 1.45. The van der Waals surface area contributed by atoms with Crippen molar-refractivity contribution in [2.45, 2.75) is 12.8 Å². The van der Waals surface area contributed by atoms with Gasteiger partial charge in [0.05, 0.1) is 13.5 Å². The molecule has 1 aromatic carbocycles. The third-order valence-electron chi connectivity index (χ3n) is 2.28. The van der Waals surface area contributed by atoms with E-state index >= 15 is 0 Å². The Labute approximate surface area is 95.9 Å². The molecule has 0 aliphatic heterocycles. The summed E-state index contributed by atoms with van der Waals surface area (Å²) in [5.74, 6) is -0.229. The highest BCUT2D eigenvalue weighted by molar-refractivity contribution is 5.72. The van der Waals surface area contributed by atoms with Crippen LogP contribution in [-0.4, -0.2) is 19.6 Å². The number of benzene rings is 1. The first kappa shape index (κ1) is 12.5. The lowest BCUT2D eigenvalue weighted by Gasteiger charge is -2.03. The van der Waals surface area contributed by atoms with Crippen molar-refractivity contribution in [3.8, 4) is 0 Å². The number of methoxy groups -OCH3 is 1. The summed E-state index contributed by atoms with van der Waals surface area (Å²) >= 11 is 0. The summed E-state index contributed by atoms with van der Waals surface area (Å²) in [6.45, 7) is 0.627. The maximum Gasteiger partial charge on any atom is 0.309 e. The largest absolute Gasteiger partial charge is 0.469 e. The van der Waals surface area contributed by atoms with Gasteiger partial charge in [-0.3, -0.25) is 4.79 Å². The van der Waals surface area contributed by atoms with Gasteiger partial charge < -0.3 is 10.5 Å². The van der Waals surface area contributed by atoms with E-state index in [0.717, 1.165) is 12.0 Å². The van der Waals surface area contributed by atoms with Gasteiger partial charge in [-0.05, 0) is 24.1 Å². The van der Waals surface area contributed by atoms with Crippen LogP contribution in [0, 0.1) is 0 Å². The van der Waals surface area contributed by atoms with Crippen LogP contribution in [0.15, 0.2) is 30.3 Å². The molecule has 3 heteroatoms. The second-order valence-electron chi connectivity index (χ2n) is 3.42. The maximum atomic E-state index is 10.9. The predicted octanol–water partition coefficient (Wildman–Crippen LogP) is 1.76. The average molecular weight is 219 g/mol. The number of esters is 1. The summed E-state index contributed by atoms with van der Waals surface area (Å²) in [5, 5.41) is 0. The van der Waals surface area contributed by atoms with E-state index in [2.05, 4.69) is 4.74 Å². The fourth-order valence-electron chi connectivity index (χ4n) is 1.45. The van der Waals surface area contributed by atoms with Crippen molar-refractivity contribution in [3.05, 3.63) is 41.5 Å². The topological polar surface area (TPSA) is 52.3 Å². The van der Waals surface area contributed by atoms with Gasteiger partial charge in [0, 0.05) is 0 Å². The lowest BCUT2D eigenvalue weighted by Crippen LogP contribution is -2.03. The van der Waals surface area contributed by atoms with E-state index in [0.29, 0.717) is 13.0 Å². The Balaban J connectivity index is 2.68. The van der Waals surface area contributed by atoms with Crippen molar-refractivity contribution >= 4 is 12.0 Å². The number of hydrogen-bond acceptors (Lipinski definition) is 3. The molecule has 0 amide bonds. The Hall–Kier alpha value is -1.61. The second-order valence-corrected chi connectivity index (χ2v) is 3.42. The molecule has 0 heterocycles. The Bertz CT molecular complexity index is 372. The van der Waals surface area contributed by atoms with Gasteiger partial charge in [0.1, 0.15) is 0 Å². The first-order chi connectivity index (χ1) is 7.77. The van der Waals surface area contributed by atoms with Gasteiger partial charge >= 0.3 is 5.97 Å². The maximum absolute atomic E-state index is 10.9. The zero-order valence-corrected chi connectivity index (χ0v) is 9.48. The Kier molecular flexibility index (Phi) is 5.29. The summed E-state index contributed by atoms with van der Waals surface area (Å²) in [6, 6.07) is 8.02. The lowest BCUT2D eigenvalue weighted by atomic mass is 10.0. The minimum atomic E-state index is -0.229. The van der Waals surface area contributed by atoms with Gasteiger partial charge in [0.2, 0.25) is 0 Å². The summed E-state index contributed by atoms with van der Waals surface area (Å²) in [4.78, 5) is 10.9. The molecule has 2 N–H and O–H groups in total. The second kappa shape index (κ2) is 6.80. The van der Waals surface area contributed by atoms with Crippen LogP contribution in [0.3, 0.4) is 0 Å². The number of rotatable bonds is 5. The van der Waals surface area contributed by atoms with Gasteiger partial charge in [-0.15, -0.1) is 0 Å². The molecule has 0 aliphatic carbocycles. The average Bonchev–Trinajstić information content (AvgIpc) is 2.31. The highest BCUT2D eigenvalue weighted by Crippen LogP contribution is 2.11. The van der Waals surface area contributed by atoms with Crippen LogP contribution in [0.4, 0.5) is 0 Å². The first-order valence-electron chi connectivity index (χ1n) is 5.29. The number of hydrogen-bond donors (Lipinski definition) is 1. The number of carbonyl (C=O) groups excluding carboxylic acids is 1. The molecule has 0 radical (unpaired) electrons. The molecule has 0 unspecified atom stereocenters. The zero-order valence-electron chi connectivity index (χ0n) is 9.48. The van der Waals surface area contributed by atoms with Crippen molar-refractivity contribution in [1.29, 1.82) is 0 Å². The van der Waals surface area contributed by atoms with Gasteiger partial charge in [-0.1, -0.05) is 36.4 Å². The van der Waals surface area contributed by atoms with E-state index in [9.17, 15) is 4.79 Å². The summed E-state index contributed by atoms with van der Waals surface area (Å²) in [5.41, 5.74) is 7.84. The van der Waals surface area contributed by atoms with Crippen molar-refractivity contribution < 1.29 is 9.53 Å². The Morgan fingerprint density at radius 2 is 2.19 bits per heavy atom. The summed E-state index contributed by atoms with van der Waals surface area (Å²) in [6.07, 6.45) is 4.88. The Morgan fingerprint density at radius 3 is 2.88 bits per heavy atom. The molecule has 0 saturated carbocycles. The molecule has 86 valence electrons. The fraction of sp³-hybridized carbons (Fsp3) is 0.308. The molecule has 0 aliphatic rings. The minimum absolute atomic E-state index is 0.229. The van der Waals surface area contributed by atoms with Gasteiger partial charge in [-0.2, -0.15) is 0 Å². The van der Waals surface area contributed by atoms with Crippen molar-refractivity contribution in [1.82, 2.24) is 0 Å². The van der Waals surface area contributed by atoms with E-state index in [-0.39, 0.29) is 5.97 Å². The predicted molar refractivity (Wildman–Crippen MR) is 64.9 cm³/mol. The molecule has 0 fully saturated rings. The molecule has 0 atom stereocenters. The van der Waals surface area contributed by atoms with Gasteiger partial charge in [0.25, 0.3) is 0 Å². The van der Waals surface area contributed by atoms with Crippen molar-refractivity contribution in [2.24, 2.45) is 5.73 Å². The molecular formula is C13H17NO2. The van der Waals surface area contributed by atoms with Crippen LogP contribution in [-0.2, 0) is 16.0 Å². The van der Waals surface area contributed by atoms with Crippen LogP contribution < -0.4 is 5.73 Å². The van der Waals surface area contributed by atoms with Crippen LogP contribution in [0.5, 0.6) is 0 Å². The standard InChI is InChI=1S/C13H17NO2/c1-16-13(15)8-4-7-11-5-2-3-6-12(11)9-10-14/h2-7H,8-10,14H2,1H3. The SMILES string of the molecule is COC(=O)CC=Cc1ccccc1CCN. The van der Waals surface area contributed by atoms with Crippen LogP contribution in [0.2, 0.25) is 0 Å². The monoisotopic (exact) mass is 219 g/mol. The minimum Gasteiger partial charge on any atom is -0.469 e. The van der Waals surface area contributed by atoms with Crippen LogP contribution >= 0.6 is 0 Å². The molecule has 1 rings (SSSR count). The molecule has 16 heavy (non-hydrogen) atoms. The number of nitrogens with two attached hydrogens (primary N) is 1. The van der Waals surface area contributed by atoms with E-state index in [1.54, 1.807) is 6.08 Å². The van der Waals surface area contributed by atoms with Gasteiger partial charge in [0.15, 0.2) is 0 Å². The first-order valence-corrected chi connectivity index (χ1v) is 5.29. The van der Waals surface area contributed by atoms with Crippen molar-refractivity contribution in [2.75, 3.05) is 13.7 Å². The van der Waals surface area contributed by atoms with Gasteiger partial charge in [-0.25, -0.2) is 0 Å². The van der Waals surface area contributed by atoms with Crippen molar-refractivity contribution in [3.63, 3.8) is 0 Å². The zero-order chi connectivity index (χ0) is 11.8. The smallest absolute Gasteiger partial charge is 0.309 e. The van der Waals surface area contributed by atoms with E-state index in [1.807, 2.05) is 30.3 Å². The molecule has 1 aromatic rings. The molecule has 3 nitrogen and oxygen atoms in total. The van der Waals surface area contributed by atoms with E-state index in [1.165, 1.54) is 12.7 Å². The summed E-state index contributed by atoms with van der Waals surface area (Å²) in [7, 11) is 1.39. The third-order valence-corrected chi connectivity index (χ3v) is 2.28. The molecule has 0 bridgehead atoms. The molecular weight excluding hydrogens is 202 g/mol. The molecule has 0 saturated heterocycles. The van der Waals surface area contributed by atoms with E-state index in [4.69, 9.17) is 5.73 Å². The summed E-state index contributed by atoms with van der Waals surface area (Å²) < 4.78 is 4.56. The Morgan fingerprint density at radius 1 is 1.44 bits per heavy atom. The molecule has 0 spiro atoms. The number of carbonyl (C=O) groups is 1. The highest BCUT2D eigenvalue weighted by Gasteiger charge is 1.98.